The first-order chi connectivity index (χ1) is 11.1. The Morgan fingerprint density at radius 1 is 1.35 bits per heavy atom. The molecule has 0 fully saturated rings. The SMILES string of the molecule is COCCNc1nnc(SCC(=O)Nc2ccc(C)cc2C)s1. The predicted molar refractivity (Wildman–Crippen MR) is 95.5 cm³/mol. The lowest BCUT2D eigenvalue weighted by Gasteiger charge is -2.08. The quantitative estimate of drug-likeness (QED) is 0.562. The van der Waals surface area contributed by atoms with Crippen molar-refractivity contribution < 1.29 is 9.53 Å². The predicted octanol–water partition coefficient (Wildman–Crippen LogP) is 2.94. The van der Waals surface area contributed by atoms with Crippen LogP contribution in [0.3, 0.4) is 0 Å². The van der Waals surface area contributed by atoms with E-state index in [1.807, 2.05) is 32.0 Å². The van der Waals surface area contributed by atoms with Crippen molar-refractivity contribution in [2.75, 3.05) is 36.6 Å². The molecule has 6 nitrogen and oxygen atoms in total. The molecule has 2 N–H and O–H groups in total. The second kappa shape index (κ2) is 8.85. The zero-order chi connectivity index (χ0) is 16.7. The number of aryl methyl sites for hydroxylation is 2. The molecule has 0 radical (unpaired) electrons. The van der Waals surface area contributed by atoms with Crippen LogP contribution >= 0.6 is 23.1 Å². The summed E-state index contributed by atoms with van der Waals surface area (Å²) in [6, 6.07) is 5.96. The average Bonchev–Trinajstić information content (AvgIpc) is 2.96. The minimum Gasteiger partial charge on any atom is -0.383 e. The molecule has 0 saturated carbocycles. The zero-order valence-corrected chi connectivity index (χ0v) is 15.0. The lowest BCUT2D eigenvalue weighted by molar-refractivity contribution is -0.113. The van der Waals surface area contributed by atoms with Gasteiger partial charge in [0.05, 0.1) is 12.4 Å². The van der Waals surface area contributed by atoms with Crippen molar-refractivity contribution in [1.29, 1.82) is 0 Å². The summed E-state index contributed by atoms with van der Waals surface area (Å²) in [5, 5.41) is 14.8. The van der Waals surface area contributed by atoms with Gasteiger partial charge < -0.3 is 15.4 Å². The molecular weight excluding hydrogens is 332 g/mol. The Hall–Kier alpha value is -1.64. The number of anilines is 2. The fourth-order valence-corrected chi connectivity index (χ4v) is 3.44. The van der Waals surface area contributed by atoms with E-state index in [4.69, 9.17) is 4.74 Å². The van der Waals surface area contributed by atoms with Gasteiger partial charge in [-0.25, -0.2) is 0 Å². The third kappa shape index (κ3) is 5.81. The van der Waals surface area contributed by atoms with Crippen LogP contribution in [0.15, 0.2) is 22.5 Å². The Bertz CT molecular complexity index is 661. The highest BCUT2D eigenvalue weighted by molar-refractivity contribution is 8.01. The standard InChI is InChI=1S/C15H20N4O2S2/c1-10-4-5-12(11(2)8-10)17-13(20)9-22-15-19-18-14(23-15)16-6-7-21-3/h4-5,8H,6-7,9H2,1-3H3,(H,16,18)(H,17,20). The second-order valence-corrected chi connectivity index (χ2v) is 7.15. The van der Waals surface area contributed by atoms with Gasteiger partial charge in [0.25, 0.3) is 0 Å². The molecule has 0 aliphatic rings. The molecule has 0 bridgehead atoms. The number of carbonyl (C=O) groups excluding carboxylic acids is 1. The highest BCUT2D eigenvalue weighted by Gasteiger charge is 2.09. The normalized spacial score (nSPS) is 10.6. The van der Waals surface area contributed by atoms with E-state index in [2.05, 4.69) is 20.8 Å². The van der Waals surface area contributed by atoms with Crippen molar-refractivity contribution in [3.05, 3.63) is 29.3 Å². The van der Waals surface area contributed by atoms with E-state index < -0.39 is 0 Å². The highest BCUT2D eigenvalue weighted by atomic mass is 32.2. The van der Waals surface area contributed by atoms with Crippen LogP contribution in [0.1, 0.15) is 11.1 Å². The topological polar surface area (TPSA) is 76.1 Å². The molecule has 1 amide bonds. The molecule has 23 heavy (non-hydrogen) atoms. The summed E-state index contributed by atoms with van der Waals surface area (Å²) in [7, 11) is 1.65. The van der Waals surface area contributed by atoms with Gasteiger partial charge in [-0.05, 0) is 25.5 Å². The first-order valence-corrected chi connectivity index (χ1v) is 8.95. The van der Waals surface area contributed by atoms with Crippen LogP contribution in [0.25, 0.3) is 0 Å². The van der Waals surface area contributed by atoms with E-state index in [1.54, 1.807) is 7.11 Å². The lowest BCUT2D eigenvalue weighted by Crippen LogP contribution is -2.14. The van der Waals surface area contributed by atoms with Gasteiger partial charge in [-0.1, -0.05) is 40.8 Å². The minimum atomic E-state index is -0.0500. The van der Waals surface area contributed by atoms with Crippen LogP contribution in [0.4, 0.5) is 10.8 Å². The van der Waals surface area contributed by atoms with Gasteiger partial charge in [0, 0.05) is 19.3 Å². The van der Waals surface area contributed by atoms with E-state index in [1.165, 1.54) is 28.7 Å². The fourth-order valence-electron chi connectivity index (χ4n) is 1.87. The molecule has 0 aliphatic carbocycles. The van der Waals surface area contributed by atoms with E-state index >= 15 is 0 Å². The number of amides is 1. The van der Waals surface area contributed by atoms with Crippen molar-refractivity contribution in [3.8, 4) is 0 Å². The first kappa shape index (κ1) is 17.7. The van der Waals surface area contributed by atoms with E-state index in [9.17, 15) is 4.79 Å². The van der Waals surface area contributed by atoms with Gasteiger partial charge in [0.1, 0.15) is 0 Å². The van der Waals surface area contributed by atoms with Crippen LogP contribution in [-0.4, -0.2) is 42.1 Å². The molecular formula is C15H20N4O2S2. The Balaban J connectivity index is 1.80. The maximum atomic E-state index is 12.0. The van der Waals surface area contributed by atoms with E-state index in [0.717, 1.165) is 20.7 Å². The summed E-state index contributed by atoms with van der Waals surface area (Å²) in [6.45, 7) is 5.31. The number of rotatable bonds is 8. The number of nitrogens with zero attached hydrogens (tertiary/aromatic N) is 2. The Morgan fingerprint density at radius 2 is 2.17 bits per heavy atom. The molecule has 0 atom stereocenters. The number of nitrogens with one attached hydrogen (secondary N) is 2. The van der Waals surface area contributed by atoms with Crippen LogP contribution in [-0.2, 0) is 9.53 Å². The summed E-state index contributed by atoms with van der Waals surface area (Å²) >= 11 is 2.81. The third-order valence-electron chi connectivity index (χ3n) is 2.97. The van der Waals surface area contributed by atoms with Crippen molar-refractivity contribution in [1.82, 2.24) is 10.2 Å². The van der Waals surface area contributed by atoms with Crippen molar-refractivity contribution in [2.45, 2.75) is 18.2 Å². The van der Waals surface area contributed by atoms with Crippen molar-refractivity contribution >= 4 is 39.8 Å². The van der Waals surface area contributed by atoms with Gasteiger partial charge in [0.15, 0.2) is 4.34 Å². The maximum Gasteiger partial charge on any atom is 0.234 e. The van der Waals surface area contributed by atoms with Gasteiger partial charge in [0.2, 0.25) is 11.0 Å². The fraction of sp³-hybridized carbons (Fsp3) is 0.400. The highest BCUT2D eigenvalue weighted by Crippen LogP contribution is 2.25. The number of methoxy groups -OCH3 is 1. The van der Waals surface area contributed by atoms with E-state index in [-0.39, 0.29) is 5.91 Å². The van der Waals surface area contributed by atoms with Gasteiger partial charge >= 0.3 is 0 Å². The molecule has 0 spiro atoms. The van der Waals surface area contributed by atoms with Crippen LogP contribution in [0.5, 0.6) is 0 Å². The first-order valence-electron chi connectivity index (χ1n) is 7.14. The summed E-state index contributed by atoms with van der Waals surface area (Å²) < 4.78 is 5.72. The smallest absolute Gasteiger partial charge is 0.234 e. The summed E-state index contributed by atoms with van der Waals surface area (Å²) in [4.78, 5) is 12.0. The Morgan fingerprint density at radius 3 is 2.91 bits per heavy atom. The summed E-state index contributed by atoms with van der Waals surface area (Å²) in [5.74, 6) is 0.256. The molecule has 2 aromatic rings. The van der Waals surface area contributed by atoms with E-state index in [0.29, 0.717) is 18.9 Å². The van der Waals surface area contributed by atoms with Crippen molar-refractivity contribution in [3.63, 3.8) is 0 Å². The Labute approximate surface area is 144 Å². The number of hydrogen-bond donors (Lipinski definition) is 2. The zero-order valence-electron chi connectivity index (χ0n) is 13.4. The lowest BCUT2D eigenvalue weighted by atomic mass is 10.1. The monoisotopic (exact) mass is 352 g/mol. The number of aromatic nitrogens is 2. The molecule has 8 heteroatoms. The molecule has 1 aromatic heterocycles. The van der Waals surface area contributed by atoms with Gasteiger partial charge in [-0.2, -0.15) is 0 Å². The number of ether oxygens (including phenoxy) is 1. The van der Waals surface area contributed by atoms with Crippen LogP contribution < -0.4 is 10.6 Å². The van der Waals surface area contributed by atoms with Gasteiger partial charge in [-0.3, -0.25) is 4.79 Å². The molecule has 2 rings (SSSR count). The molecule has 0 aliphatic heterocycles. The largest absolute Gasteiger partial charge is 0.383 e. The number of hydrogen-bond acceptors (Lipinski definition) is 7. The summed E-state index contributed by atoms with van der Waals surface area (Å²) in [5.41, 5.74) is 3.08. The van der Waals surface area contributed by atoms with Crippen LogP contribution in [0.2, 0.25) is 0 Å². The Kier molecular flexibility index (Phi) is 6.82. The number of carbonyl (C=O) groups is 1. The van der Waals surface area contributed by atoms with Crippen molar-refractivity contribution in [2.24, 2.45) is 0 Å². The minimum absolute atomic E-state index is 0.0500. The molecule has 124 valence electrons. The molecule has 0 unspecified atom stereocenters. The molecule has 1 aromatic carbocycles. The average molecular weight is 352 g/mol. The van der Waals surface area contributed by atoms with Crippen LogP contribution in [0, 0.1) is 13.8 Å². The maximum absolute atomic E-state index is 12.0. The van der Waals surface area contributed by atoms with Gasteiger partial charge in [-0.15, -0.1) is 10.2 Å². The number of thioether (sulfide) groups is 1. The summed E-state index contributed by atoms with van der Waals surface area (Å²) in [6.07, 6.45) is 0. The molecule has 1 heterocycles. The second-order valence-electron chi connectivity index (χ2n) is 4.95. The third-order valence-corrected chi connectivity index (χ3v) is 4.99. The molecule has 0 saturated heterocycles. The number of benzene rings is 1.